The van der Waals surface area contributed by atoms with E-state index in [0.717, 1.165) is 39.3 Å². The van der Waals surface area contributed by atoms with E-state index in [9.17, 15) is 4.79 Å². The highest BCUT2D eigenvalue weighted by Crippen LogP contribution is 2.15. The first kappa shape index (κ1) is 14.8. The molecule has 1 heterocycles. The second-order valence-corrected chi connectivity index (χ2v) is 5.30. The fraction of sp³-hybridized carbons (Fsp3) is 0.533. The summed E-state index contributed by atoms with van der Waals surface area (Å²) in [5, 5.41) is 8.72. The van der Waals surface area contributed by atoms with Gasteiger partial charge in [-0.15, -0.1) is 0 Å². The monoisotopic (exact) mass is 277 g/mol. The molecule has 20 heavy (non-hydrogen) atoms. The highest BCUT2D eigenvalue weighted by atomic mass is 16.4. The molecule has 0 radical (unpaired) electrons. The number of aliphatic carboxylic acids is 1. The number of hydrogen-bond donors (Lipinski definition) is 1. The van der Waals surface area contributed by atoms with Gasteiger partial charge in [-0.3, -0.25) is 14.6 Å². The van der Waals surface area contributed by atoms with E-state index in [1.54, 1.807) is 0 Å². The minimum atomic E-state index is -0.763. The summed E-state index contributed by atoms with van der Waals surface area (Å²) < 4.78 is 0. The number of para-hydroxylation sites is 1. The number of nitrogens with zero attached hydrogens (tertiary/aromatic N) is 3. The van der Waals surface area contributed by atoms with Gasteiger partial charge in [-0.2, -0.15) is 0 Å². The van der Waals surface area contributed by atoms with Crippen LogP contribution in [0.4, 0.5) is 5.69 Å². The first-order chi connectivity index (χ1) is 9.65. The third-order valence-corrected chi connectivity index (χ3v) is 3.70. The molecular weight excluding hydrogens is 254 g/mol. The van der Waals surface area contributed by atoms with Crippen molar-refractivity contribution in [2.75, 3.05) is 57.8 Å². The molecule has 5 heteroatoms. The Morgan fingerprint density at radius 3 is 2.45 bits per heavy atom. The maximum Gasteiger partial charge on any atom is 0.317 e. The molecule has 1 saturated heterocycles. The van der Waals surface area contributed by atoms with E-state index in [2.05, 4.69) is 34.1 Å². The minimum absolute atomic E-state index is 0.115. The Morgan fingerprint density at radius 2 is 1.85 bits per heavy atom. The molecule has 0 saturated carbocycles. The van der Waals surface area contributed by atoms with Gasteiger partial charge in [0, 0.05) is 45.0 Å². The smallest absolute Gasteiger partial charge is 0.317 e. The van der Waals surface area contributed by atoms with E-state index in [1.165, 1.54) is 5.69 Å². The molecule has 0 unspecified atom stereocenters. The Kier molecular flexibility index (Phi) is 5.38. The lowest BCUT2D eigenvalue weighted by Gasteiger charge is -2.36. The number of likely N-dealkylation sites (N-methyl/N-ethyl adjacent to an activating group) is 1. The summed E-state index contributed by atoms with van der Waals surface area (Å²) in [5.74, 6) is -0.763. The van der Waals surface area contributed by atoms with E-state index >= 15 is 0 Å². The number of carboxylic acid groups (broad SMARTS) is 1. The van der Waals surface area contributed by atoms with Crippen molar-refractivity contribution in [3.8, 4) is 0 Å². The van der Waals surface area contributed by atoms with Gasteiger partial charge in [-0.1, -0.05) is 18.2 Å². The molecule has 0 atom stereocenters. The zero-order valence-corrected chi connectivity index (χ0v) is 12.0. The molecule has 1 aliphatic rings. The van der Waals surface area contributed by atoms with Gasteiger partial charge in [0.05, 0.1) is 6.54 Å². The maximum atomic E-state index is 10.6. The van der Waals surface area contributed by atoms with Crippen molar-refractivity contribution in [2.24, 2.45) is 0 Å². The van der Waals surface area contributed by atoms with Gasteiger partial charge in [0.1, 0.15) is 0 Å². The van der Waals surface area contributed by atoms with Gasteiger partial charge >= 0.3 is 5.97 Å². The standard InChI is InChI=1S/C15H23N3O2/c1-16(13-15(19)20)7-8-17-9-11-18(12-10-17)14-5-3-2-4-6-14/h2-6H,7-13H2,1H3,(H,19,20). The molecule has 1 aromatic carbocycles. The lowest BCUT2D eigenvalue weighted by atomic mass is 10.2. The number of carboxylic acids is 1. The van der Waals surface area contributed by atoms with Crippen LogP contribution in [0.3, 0.4) is 0 Å². The summed E-state index contributed by atoms with van der Waals surface area (Å²) in [6, 6.07) is 10.5. The lowest BCUT2D eigenvalue weighted by molar-refractivity contribution is -0.138. The number of benzene rings is 1. The summed E-state index contributed by atoms with van der Waals surface area (Å²) in [5.41, 5.74) is 1.29. The van der Waals surface area contributed by atoms with E-state index < -0.39 is 5.97 Å². The quantitative estimate of drug-likeness (QED) is 0.834. The molecule has 2 rings (SSSR count). The summed E-state index contributed by atoms with van der Waals surface area (Å²) in [6.07, 6.45) is 0. The van der Waals surface area contributed by atoms with Gasteiger partial charge in [-0.05, 0) is 19.2 Å². The largest absolute Gasteiger partial charge is 0.480 e. The number of hydrogen-bond acceptors (Lipinski definition) is 4. The summed E-state index contributed by atoms with van der Waals surface area (Å²) in [4.78, 5) is 17.3. The second kappa shape index (κ2) is 7.26. The van der Waals surface area contributed by atoms with Gasteiger partial charge in [0.15, 0.2) is 0 Å². The fourth-order valence-corrected chi connectivity index (χ4v) is 2.49. The Hall–Kier alpha value is -1.59. The van der Waals surface area contributed by atoms with Crippen LogP contribution in [0.2, 0.25) is 0 Å². The number of piperazine rings is 1. The van der Waals surface area contributed by atoms with Crippen molar-refractivity contribution in [1.29, 1.82) is 0 Å². The second-order valence-electron chi connectivity index (χ2n) is 5.30. The molecule has 110 valence electrons. The van der Waals surface area contributed by atoms with Crippen molar-refractivity contribution in [3.05, 3.63) is 30.3 Å². The fourth-order valence-electron chi connectivity index (χ4n) is 2.49. The normalized spacial score (nSPS) is 16.6. The van der Waals surface area contributed by atoms with E-state index in [-0.39, 0.29) is 6.54 Å². The zero-order chi connectivity index (χ0) is 14.4. The summed E-state index contributed by atoms with van der Waals surface area (Å²) >= 11 is 0. The van der Waals surface area contributed by atoms with Crippen molar-refractivity contribution in [1.82, 2.24) is 9.80 Å². The highest BCUT2D eigenvalue weighted by Gasteiger charge is 2.17. The molecule has 1 fully saturated rings. The van der Waals surface area contributed by atoms with E-state index in [0.29, 0.717) is 0 Å². The van der Waals surface area contributed by atoms with Crippen molar-refractivity contribution in [3.63, 3.8) is 0 Å². The van der Waals surface area contributed by atoms with Crippen molar-refractivity contribution >= 4 is 11.7 Å². The van der Waals surface area contributed by atoms with Gasteiger partial charge in [0.2, 0.25) is 0 Å². The molecule has 5 nitrogen and oxygen atoms in total. The van der Waals surface area contributed by atoms with Crippen LogP contribution in [0.1, 0.15) is 0 Å². The molecule has 0 bridgehead atoms. The Bertz CT molecular complexity index is 416. The Morgan fingerprint density at radius 1 is 1.20 bits per heavy atom. The van der Waals surface area contributed by atoms with Crippen LogP contribution in [0, 0.1) is 0 Å². The minimum Gasteiger partial charge on any atom is -0.480 e. The van der Waals surface area contributed by atoms with Gasteiger partial charge in [-0.25, -0.2) is 0 Å². The molecule has 0 aliphatic carbocycles. The molecule has 1 aromatic rings. The van der Waals surface area contributed by atoms with Crippen molar-refractivity contribution < 1.29 is 9.90 Å². The summed E-state index contributed by atoms with van der Waals surface area (Å²) in [7, 11) is 1.86. The summed E-state index contributed by atoms with van der Waals surface area (Å²) in [6.45, 7) is 6.00. The third kappa shape index (κ3) is 4.51. The molecule has 1 N–H and O–H groups in total. The number of rotatable bonds is 6. The van der Waals surface area contributed by atoms with Crippen LogP contribution in [0.5, 0.6) is 0 Å². The average Bonchev–Trinajstić information content (AvgIpc) is 2.46. The topological polar surface area (TPSA) is 47.0 Å². The third-order valence-electron chi connectivity index (χ3n) is 3.70. The first-order valence-corrected chi connectivity index (χ1v) is 7.08. The predicted octanol–water partition coefficient (Wildman–Crippen LogP) is 0.825. The molecule has 0 spiro atoms. The zero-order valence-electron chi connectivity index (χ0n) is 12.0. The van der Waals surface area contributed by atoms with E-state index in [4.69, 9.17) is 5.11 Å². The van der Waals surface area contributed by atoms with Crippen LogP contribution in [-0.2, 0) is 4.79 Å². The van der Waals surface area contributed by atoms with Crippen LogP contribution in [-0.4, -0.2) is 73.7 Å². The van der Waals surface area contributed by atoms with E-state index in [1.807, 2.05) is 18.0 Å². The average molecular weight is 277 g/mol. The number of anilines is 1. The first-order valence-electron chi connectivity index (χ1n) is 7.08. The molecular formula is C15H23N3O2. The predicted molar refractivity (Wildman–Crippen MR) is 80.2 cm³/mol. The van der Waals surface area contributed by atoms with Crippen molar-refractivity contribution in [2.45, 2.75) is 0 Å². The van der Waals surface area contributed by atoms with Crippen LogP contribution in [0.15, 0.2) is 30.3 Å². The number of carbonyl (C=O) groups is 1. The van der Waals surface area contributed by atoms with Crippen LogP contribution in [0.25, 0.3) is 0 Å². The highest BCUT2D eigenvalue weighted by molar-refractivity contribution is 5.68. The molecule has 0 aromatic heterocycles. The SMILES string of the molecule is CN(CCN1CCN(c2ccccc2)CC1)CC(=O)O. The lowest BCUT2D eigenvalue weighted by Crippen LogP contribution is -2.48. The van der Waals surface area contributed by atoms with Crippen LogP contribution < -0.4 is 4.90 Å². The van der Waals surface area contributed by atoms with Crippen LogP contribution >= 0.6 is 0 Å². The van der Waals surface area contributed by atoms with Gasteiger partial charge < -0.3 is 10.0 Å². The molecule has 1 aliphatic heterocycles. The molecule has 0 amide bonds. The Labute approximate surface area is 120 Å². The Balaban J connectivity index is 1.71. The maximum absolute atomic E-state index is 10.6. The van der Waals surface area contributed by atoms with Gasteiger partial charge in [0.25, 0.3) is 0 Å².